The van der Waals surface area contributed by atoms with E-state index in [1.165, 1.54) is 12.8 Å². The molecule has 6 heteroatoms. The van der Waals surface area contributed by atoms with E-state index in [4.69, 9.17) is 0 Å². The molecule has 1 heterocycles. The maximum absolute atomic E-state index is 11.5. The van der Waals surface area contributed by atoms with Crippen molar-refractivity contribution >= 4 is 35.8 Å². The first-order valence-electron chi connectivity index (χ1n) is 7.44. The molecule has 1 amide bonds. The van der Waals surface area contributed by atoms with Gasteiger partial charge in [-0.15, -0.1) is 24.0 Å². The van der Waals surface area contributed by atoms with Crippen molar-refractivity contribution in [2.75, 3.05) is 33.2 Å². The van der Waals surface area contributed by atoms with Gasteiger partial charge in [0.25, 0.3) is 0 Å². The second-order valence-electron chi connectivity index (χ2n) is 5.71. The van der Waals surface area contributed by atoms with Crippen molar-refractivity contribution in [1.82, 2.24) is 15.5 Å². The van der Waals surface area contributed by atoms with Gasteiger partial charge in [-0.3, -0.25) is 9.79 Å². The van der Waals surface area contributed by atoms with Crippen LogP contribution in [0.15, 0.2) is 4.99 Å². The van der Waals surface area contributed by atoms with Crippen molar-refractivity contribution in [3.63, 3.8) is 0 Å². The fourth-order valence-electron chi connectivity index (χ4n) is 2.40. The van der Waals surface area contributed by atoms with Gasteiger partial charge in [0.05, 0.1) is 0 Å². The number of likely N-dealkylation sites (tertiary alicyclic amines) is 1. The Morgan fingerprint density at radius 1 is 1.15 bits per heavy atom. The summed E-state index contributed by atoms with van der Waals surface area (Å²) in [5, 5.41) is 6.29. The summed E-state index contributed by atoms with van der Waals surface area (Å²) < 4.78 is 0. The van der Waals surface area contributed by atoms with E-state index in [1.807, 2.05) is 7.05 Å². The monoisotopic (exact) mass is 394 g/mol. The van der Waals surface area contributed by atoms with E-state index in [1.54, 1.807) is 0 Å². The number of carbonyl (C=O) groups excluding carboxylic acids is 1. The maximum Gasteiger partial charge on any atom is 0.223 e. The van der Waals surface area contributed by atoms with Gasteiger partial charge in [0.1, 0.15) is 0 Å². The number of nitrogens with zero attached hydrogens (tertiary/aromatic N) is 2. The molecule has 1 saturated carbocycles. The number of amides is 1. The van der Waals surface area contributed by atoms with E-state index in [2.05, 4.69) is 27.4 Å². The van der Waals surface area contributed by atoms with Gasteiger partial charge in [-0.05, 0) is 31.6 Å². The first kappa shape index (κ1) is 17.5. The van der Waals surface area contributed by atoms with Crippen LogP contribution in [0.25, 0.3) is 0 Å². The van der Waals surface area contributed by atoms with Gasteiger partial charge in [-0.2, -0.15) is 0 Å². The van der Waals surface area contributed by atoms with Crippen molar-refractivity contribution in [1.29, 1.82) is 0 Å². The molecule has 2 N–H and O–H groups in total. The Morgan fingerprint density at radius 3 is 2.30 bits per heavy atom. The van der Waals surface area contributed by atoms with Gasteiger partial charge >= 0.3 is 0 Å². The zero-order chi connectivity index (χ0) is 13.7. The van der Waals surface area contributed by atoms with Crippen molar-refractivity contribution in [3.05, 3.63) is 0 Å². The minimum Gasteiger partial charge on any atom is -0.354 e. The van der Waals surface area contributed by atoms with E-state index in [0.29, 0.717) is 12.5 Å². The molecule has 116 valence electrons. The standard InChI is InChI=1S/C14H26N4O.HI/c1-11-5-9-18(10-6-11)14(15-2)17-8-7-16-13(19)12-3-4-12;/h11-12H,3-10H2,1-2H3,(H,15,17)(H,16,19);1H. The number of nitrogens with one attached hydrogen (secondary N) is 2. The summed E-state index contributed by atoms with van der Waals surface area (Å²) in [6.45, 7) is 5.89. The minimum atomic E-state index is 0. The Kier molecular flexibility index (Phi) is 7.61. The zero-order valence-electron chi connectivity index (χ0n) is 12.5. The maximum atomic E-state index is 11.5. The summed E-state index contributed by atoms with van der Waals surface area (Å²) >= 11 is 0. The van der Waals surface area contributed by atoms with Crippen molar-refractivity contribution in [3.8, 4) is 0 Å². The van der Waals surface area contributed by atoms with Crippen LogP contribution < -0.4 is 10.6 Å². The third kappa shape index (κ3) is 5.46. The first-order chi connectivity index (χ1) is 9.20. The Labute approximate surface area is 139 Å². The van der Waals surface area contributed by atoms with Crippen LogP contribution in [0.2, 0.25) is 0 Å². The highest BCUT2D eigenvalue weighted by atomic mass is 127. The van der Waals surface area contributed by atoms with E-state index < -0.39 is 0 Å². The molecule has 1 aliphatic carbocycles. The Bertz CT molecular complexity index is 336. The largest absolute Gasteiger partial charge is 0.354 e. The third-order valence-electron chi connectivity index (χ3n) is 3.95. The zero-order valence-corrected chi connectivity index (χ0v) is 14.9. The summed E-state index contributed by atoms with van der Waals surface area (Å²) in [6, 6.07) is 0. The average Bonchev–Trinajstić information content (AvgIpc) is 3.24. The van der Waals surface area contributed by atoms with Gasteiger partial charge in [-0.1, -0.05) is 6.92 Å². The van der Waals surface area contributed by atoms with Crippen LogP contribution in [0.1, 0.15) is 32.6 Å². The molecule has 0 aromatic heterocycles. The smallest absolute Gasteiger partial charge is 0.223 e. The van der Waals surface area contributed by atoms with Crippen molar-refractivity contribution in [2.45, 2.75) is 32.6 Å². The Hall–Kier alpha value is -0.530. The molecule has 20 heavy (non-hydrogen) atoms. The number of carbonyl (C=O) groups is 1. The molecular formula is C14H27IN4O. The van der Waals surface area contributed by atoms with Gasteiger partial charge < -0.3 is 15.5 Å². The molecule has 0 spiro atoms. The van der Waals surface area contributed by atoms with E-state index >= 15 is 0 Å². The highest BCUT2D eigenvalue weighted by molar-refractivity contribution is 14.0. The second kappa shape index (κ2) is 8.69. The lowest BCUT2D eigenvalue weighted by molar-refractivity contribution is -0.122. The van der Waals surface area contributed by atoms with Crippen LogP contribution in [0.3, 0.4) is 0 Å². The average molecular weight is 394 g/mol. The fraction of sp³-hybridized carbons (Fsp3) is 0.857. The van der Waals surface area contributed by atoms with Crippen LogP contribution in [0.5, 0.6) is 0 Å². The second-order valence-corrected chi connectivity index (χ2v) is 5.71. The minimum absolute atomic E-state index is 0. The van der Waals surface area contributed by atoms with E-state index in [-0.39, 0.29) is 29.9 Å². The number of hydrogen-bond acceptors (Lipinski definition) is 2. The van der Waals surface area contributed by atoms with Gasteiger partial charge in [0.15, 0.2) is 5.96 Å². The molecule has 2 fully saturated rings. The Morgan fingerprint density at radius 2 is 1.75 bits per heavy atom. The van der Waals surface area contributed by atoms with Crippen LogP contribution >= 0.6 is 24.0 Å². The summed E-state index contributed by atoms with van der Waals surface area (Å²) in [5.74, 6) is 2.30. The highest BCUT2D eigenvalue weighted by Crippen LogP contribution is 2.28. The number of halogens is 1. The Balaban J connectivity index is 0.00000200. The van der Waals surface area contributed by atoms with Crippen LogP contribution in [-0.4, -0.2) is 50.0 Å². The molecular weight excluding hydrogens is 367 g/mol. The van der Waals surface area contributed by atoms with E-state index in [0.717, 1.165) is 44.4 Å². The third-order valence-corrected chi connectivity index (χ3v) is 3.95. The van der Waals surface area contributed by atoms with Gasteiger partial charge in [-0.25, -0.2) is 0 Å². The molecule has 0 aromatic carbocycles. The highest BCUT2D eigenvalue weighted by Gasteiger charge is 2.29. The molecule has 2 aliphatic rings. The van der Waals surface area contributed by atoms with Gasteiger partial charge in [0.2, 0.25) is 5.91 Å². The topological polar surface area (TPSA) is 56.7 Å². The summed E-state index contributed by atoms with van der Waals surface area (Å²) in [5.41, 5.74) is 0. The molecule has 0 bridgehead atoms. The summed E-state index contributed by atoms with van der Waals surface area (Å²) in [7, 11) is 1.82. The first-order valence-corrected chi connectivity index (χ1v) is 7.44. The quantitative estimate of drug-likeness (QED) is 0.328. The van der Waals surface area contributed by atoms with E-state index in [9.17, 15) is 4.79 Å². The lowest BCUT2D eigenvalue weighted by Gasteiger charge is -2.32. The molecule has 2 rings (SSSR count). The van der Waals surface area contributed by atoms with Crippen molar-refractivity contribution < 1.29 is 4.79 Å². The number of rotatable bonds is 4. The van der Waals surface area contributed by atoms with Gasteiger partial charge in [0, 0.05) is 39.1 Å². The molecule has 0 aromatic rings. The normalized spacial score (nSPS) is 20.3. The number of aliphatic imine (C=N–C) groups is 1. The molecule has 1 aliphatic heterocycles. The van der Waals surface area contributed by atoms with Crippen LogP contribution in [0.4, 0.5) is 0 Å². The predicted molar refractivity (Wildman–Crippen MR) is 92.5 cm³/mol. The lowest BCUT2D eigenvalue weighted by Crippen LogP contribution is -2.47. The molecule has 1 saturated heterocycles. The number of piperidine rings is 1. The number of guanidine groups is 1. The fourth-order valence-corrected chi connectivity index (χ4v) is 2.40. The molecule has 5 nitrogen and oxygen atoms in total. The predicted octanol–water partition coefficient (Wildman–Crippen LogP) is 1.44. The summed E-state index contributed by atoms with van der Waals surface area (Å²) in [4.78, 5) is 18.1. The SMILES string of the molecule is CN=C(NCCNC(=O)C1CC1)N1CCC(C)CC1.I. The molecule has 0 radical (unpaired) electrons. The number of hydrogen-bond donors (Lipinski definition) is 2. The lowest BCUT2D eigenvalue weighted by atomic mass is 10.00. The molecule has 0 unspecified atom stereocenters. The van der Waals surface area contributed by atoms with Crippen LogP contribution in [0, 0.1) is 11.8 Å². The summed E-state index contributed by atoms with van der Waals surface area (Å²) in [6.07, 6.45) is 4.60. The van der Waals surface area contributed by atoms with Crippen LogP contribution in [-0.2, 0) is 4.79 Å². The van der Waals surface area contributed by atoms with Crippen molar-refractivity contribution in [2.24, 2.45) is 16.8 Å². The molecule has 0 atom stereocenters.